The van der Waals surface area contributed by atoms with E-state index in [4.69, 9.17) is 0 Å². The molecule has 0 amide bonds. The molecule has 0 radical (unpaired) electrons. The third-order valence-corrected chi connectivity index (χ3v) is 8.51. The largest absolute Gasteiger partial charge is 0.299 e. The van der Waals surface area contributed by atoms with Crippen molar-refractivity contribution in [1.29, 1.82) is 0 Å². The molecule has 124 valence electrons. The molecule has 0 aromatic rings. The molecule has 0 bridgehead atoms. The second kappa shape index (κ2) is 5.64. The zero-order valence-electron chi connectivity index (χ0n) is 14.7. The van der Waals surface area contributed by atoms with Gasteiger partial charge in [0, 0.05) is 5.41 Å². The van der Waals surface area contributed by atoms with Crippen LogP contribution < -0.4 is 0 Å². The Morgan fingerprint density at radius 3 is 2.50 bits per heavy atom. The maximum Gasteiger partial charge on any atom is 0.136 e. The van der Waals surface area contributed by atoms with Crippen molar-refractivity contribution in [3.8, 4) is 0 Å². The predicted molar refractivity (Wildman–Crippen MR) is 90.5 cm³/mol. The monoisotopic (exact) mass is 302 g/mol. The van der Waals surface area contributed by atoms with E-state index >= 15 is 0 Å². The Balaban J connectivity index is 1.59. The van der Waals surface area contributed by atoms with E-state index in [1.54, 1.807) is 0 Å². The summed E-state index contributed by atoms with van der Waals surface area (Å²) >= 11 is 0. The van der Waals surface area contributed by atoms with E-state index in [-0.39, 0.29) is 5.41 Å². The highest BCUT2D eigenvalue weighted by Gasteiger charge is 2.55. The first kappa shape index (κ1) is 15.2. The number of ketones is 1. The van der Waals surface area contributed by atoms with E-state index in [2.05, 4.69) is 6.92 Å². The average molecular weight is 303 g/mol. The van der Waals surface area contributed by atoms with Crippen LogP contribution in [0.4, 0.5) is 0 Å². The zero-order valence-corrected chi connectivity index (χ0v) is 14.7. The third kappa shape index (κ3) is 2.21. The van der Waals surface area contributed by atoms with E-state index in [0.717, 1.165) is 35.5 Å². The summed E-state index contributed by atoms with van der Waals surface area (Å²) in [5.41, 5.74) is 0.105. The van der Waals surface area contributed by atoms with Crippen molar-refractivity contribution in [3.63, 3.8) is 0 Å². The summed E-state index contributed by atoms with van der Waals surface area (Å²) in [6.45, 7) is 4.37. The minimum absolute atomic E-state index is 0.105. The van der Waals surface area contributed by atoms with E-state index < -0.39 is 0 Å². The lowest BCUT2D eigenvalue weighted by Gasteiger charge is -2.58. The van der Waals surface area contributed by atoms with Gasteiger partial charge in [0.15, 0.2) is 0 Å². The van der Waals surface area contributed by atoms with Gasteiger partial charge in [0.2, 0.25) is 0 Å². The van der Waals surface area contributed by atoms with Gasteiger partial charge in [-0.05, 0) is 93.8 Å². The lowest BCUT2D eigenvalue weighted by Crippen LogP contribution is -2.53. The van der Waals surface area contributed by atoms with Crippen molar-refractivity contribution in [3.05, 3.63) is 0 Å². The molecule has 4 fully saturated rings. The number of hydrogen-bond acceptors (Lipinski definition) is 1. The molecular weight excluding hydrogens is 268 g/mol. The molecule has 0 aromatic heterocycles. The number of rotatable bonds is 1. The standard InChI is InChI=1S/C21H34O/c1-14-6-8-17-16(13-14)7-9-19-18(17)10-12-21(15(2)22)11-4-3-5-20(19)21/h14,16-20H,3-13H2,1-2H3. The van der Waals surface area contributed by atoms with Gasteiger partial charge in [0.25, 0.3) is 0 Å². The molecule has 7 unspecified atom stereocenters. The molecule has 4 saturated carbocycles. The van der Waals surface area contributed by atoms with E-state index in [1.165, 1.54) is 70.6 Å². The summed E-state index contributed by atoms with van der Waals surface area (Å²) in [4.78, 5) is 12.6. The topological polar surface area (TPSA) is 17.1 Å². The second-order valence-electron chi connectivity index (χ2n) is 9.35. The van der Waals surface area contributed by atoms with Crippen LogP contribution in [0.1, 0.15) is 84.5 Å². The first-order valence-electron chi connectivity index (χ1n) is 10.1. The quantitative estimate of drug-likeness (QED) is 0.614. The van der Waals surface area contributed by atoms with Crippen molar-refractivity contribution < 1.29 is 4.79 Å². The van der Waals surface area contributed by atoms with Crippen molar-refractivity contribution in [2.45, 2.75) is 84.5 Å². The highest BCUT2D eigenvalue weighted by atomic mass is 16.1. The maximum atomic E-state index is 12.6. The summed E-state index contributed by atoms with van der Waals surface area (Å²) in [5, 5.41) is 0. The Hall–Kier alpha value is -0.330. The first-order valence-corrected chi connectivity index (χ1v) is 10.1. The minimum atomic E-state index is 0.105. The van der Waals surface area contributed by atoms with Gasteiger partial charge in [0.05, 0.1) is 0 Å². The fraction of sp³-hybridized carbons (Fsp3) is 0.952. The van der Waals surface area contributed by atoms with Crippen LogP contribution in [-0.4, -0.2) is 5.78 Å². The van der Waals surface area contributed by atoms with Crippen molar-refractivity contribution >= 4 is 5.78 Å². The van der Waals surface area contributed by atoms with Crippen LogP contribution in [0.2, 0.25) is 0 Å². The molecule has 7 atom stereocenters. The van der Waals surface area contributed by atoms with Crippen LogP contribution in [0, 0.1) is 40.9 Å². The van der Waals surface area contributed by atoms with Gasteiger partial charge >= 0.3 is 0 Å². The lowest BCUT2D eigenvalue weighted by atomic mass is 9.46. The van der Waals surface area contributed by atoms with Crippen LogP contribution in [0.3, 0.4) is 0 Å². The van der Waals surface area contributed by atoms with Gasteiger partial charge in [-0.15, -0.1) is 0 Å². The van der Waals surface area contributed by atoms with Gasteiger partial charge in [-0.25, -0.2) is 0 Å². The maximum absolute atomic E-state index is 12.6. The molecule has 0 spiro atoms. The Kier molecular flexibility index (Phi) is 3.90. The van der Waals surface area contributed by atoms with Gasteiger partial charge < -0.3 is 0 Å². The van der Waals surface area contributed by atoms with Crippen LogP contribution >= 0.6 is 0 Å². The molecule has 0 aliphatic heterocycles. The van der Waals surface area contributed by atoms with Crippen molar-refractivity contribution in [2.24, 2.45) is 40.9 Å². The molecular formula is C21H34O. The van der Waals surface area contributed by atoms with Crippen molar-refractivity contribution in [2.75, 3.05) is 0 Å². The highest BCUT2D eigenvalue weighted by Crippen LogP contribution is 2.62. The average Bonchev–Trinajstić information content (AvgIpc) is 2.53. The Morgan fingerprint density at radius 2 is 1.68 bits per heavy atom. The van der Waals surface area contributed by atoms with Crippen molar-refractivity contribution in [1.82, 2.24) is 0 Å². The normalized spacial score (nSPS) is 51.4. The number of carbonyl (C=O) groups excluding carboxylic acids is 1. The number of Topliss-reactive ketones (excluding diaryl/α,β-unsaturated/α-hetero) is 1. The Morgan fingerprint density at radius 1 is 0.864 bits per heavy atom. The lowest BCUT2D eigenvalue weighted by molar-refractivity contribution is -0.146. The van der Waals surface area contributed by atoms with Crippen LogP contribution in [0.25, 0.3) is 0 Å². The molecule has 0 heterocycles. The van der Waals surface area contributed by atoms with Gasteiger partial charge in [-0.3, -0.25) is 4.79 Å². The number of fused-ring (bicyclic) bond motifs is 5. The second-order valence-corrected chi connectivity index (χ2v) is 9.35. The predicted octanol–water partition coefficient (Wildman–Crippen LogP) is 5.62. The number of hydrogen-bond donors (Lipinski definition) is 0. The fourth-order valence-electron chi connectivity index (χ4n) is 7.52. The van der Waals surface area contributed by atoms with Gasteiger partial charge in [0.1, 0.15) is 5.78 Å². The SMILES string of the molecule is CC(=O)C12CCCCC1C1CCC3CC(C)CCC3C1CC2. The van der Waals surface area contributed by atoms with Crippen LogP contribution in [0.5, 0.6) is 0 Å². The summed E-state index contributed by atoms with van der Waals surface area (Å²) in [7, 11) is 0. The number of carbonyl (C=O) groups is 1. The van der Waals surface area contributed by atoms with Gasteiger partial charge in [-0.2, -0.15) is 0 Å². The Labute approximate surface area is 136 Å². The summed E-state index contributed by atoms with van der Waals surface area (Å²) in [6.07, 6.45) is 15.2. The fourth-order valence-corrected chi connectivity index (χ4v) is 7.52. The molecule has 1 heteroatoms. The Bertz CT molecular complexity index is 441. The molecule has 1 nitrogen and oxygen atoms in total. The first-order chi connectivity index (χ1) is 10.6. The molecule has 0 saturated heterocycles. The molecule has 0 N–H and O–H groups in total. The molecule has 0 aromatic carbocycles. The van der Waals surface area contributed by atoms with Crippen LogP contribution in [0.15, 0.2) is 0 Å². The third-order valence-electron chi connectivity index (χ3n) is 8.51. The van der Waals surface area contributed by atoms with Crippen LogP contribution in [-0.2, 0) is 4.79 Å². The molecule has 4 aliphatic rings. The molecule has 22 heavy (non-hydrogen) atoms. The van der Waals surface area contributed by atoms with E-state index in [1.807, 2.05) is 6.92 Å². The minimum Gasteiger partial charge on any atom is -0.299 e. The smallest absolute Gasteiger partial charge is 0.136 e. The van der Waals surface area contributed by atoms with E-state index in [0.29, 0.717) is 5.78 Å². The summed E-state index contributed by atoms with van der Waals surface area (Å²) in [5.74, 6) is 6.16. The summed E-state index contributed by atoms with van der Waals surface area (Å²) in [6, 6.07) is 0. The molecule has 4 rings (SSSR count). The summed E-state index contributed by atoms with van der Waals surface area (Å²) < 4.78 is 0. The molecule has 4 aliphatic carbocycles. The van der Waals surface area contributed by atoms with E-state index in [9.17, 15) is 4.79 Å². The highest BCUT2D eigenvalue weighted by molar-refractivity contribution is 5.83. The zero-order chi connectivity index (χ0) is 15.3. The van der Waals surface area contributed by atoms with Gasteiger partial charge in [-0.1, -0.05) is 26.2 Å².